The number of carbonyl (C=O) groups is 1. The molecule has 0 atom stereocenters. The van der Waals surface area contributed by atoms with Crippen LogP contribution < -0.4 is 16.0 Å². The highest BCUT2D eigenvalue weighted by atomic mass is 35.5. The lowest BCUT2D eigenvalue weighted by molar-refractivity contribution is 0.102. The second-order valence-electron chi connectivity index (χ2n) is 4.76. The third-order valence-corrected chi connectivity index (χ3v) is 3.39. The van der Waals surface area contributed by atoms with Gasteiger partial charge in [-0.05, 0) is 30.3 Å². The molecule has 0 bridgehead atoms. The van der Waals surface area contributed by atoms with Crippen molar-refractivity contribution in [1.82, 2.24) is 0 Å². The lowest BCUT2D eigenvalue weighted by atomic mass is 10.1. The molecule has 3 N–H and O–H groups in total. The van der Waals surface area contributed by atoms with Crippen LogP contribution in [0, 0.1) is 0 Å². The fraction of sp³-hybridized carbons (Fsp3) is 0.133. The summed E-state index contributed by atoms with van der Waals surface area (Å²) in [6.45, 7) is 0. The van der Waals surface area contributed by atoms with Crippen molar-refractivity contribution in [2.75, 3.05) is 30.0 Å². The van der Waals surface area contributed by atoms with E-state index in [4.69, 9.17) is 28.9 Å². The number of carbonyl (C=O) groups excluding carboxylic acids is 1. The number of hydrogen-bond donors (Lipinski definition) is 2. The molecular formula is C15H15Cl2N3O. The fourth-order valence-corrected chi connectivity index (χ4v) is 2.60. The molecule has 2 rings (SSSR count). The molecule has 2 aromatic carbocycles. The van der Waals surface area contributed by atoms with E-state index in [9.17, 15) is 4.79 Å². The number of halogens is 2. The van der Waals surface area contributed by atoms with Crippen LogP contribution in [0.2, 0.25) is 10.0 Å². The van der Waals surface area contributed by atoms with Gasteiger partial charge in [-0.25, -0.2) is 0 Å². The number of para-hydroxylation sites is 1. The zero-order valence-corrected chi connectivity index (χ0v) is 13.2. The van der Waals surface area contributed by atoms with Gasteiger partial charge in [0.1, 0.15) is 0 Å². The maximum absolute atomic E-state index is 12.3. The van der Waals surface area contributed by atoms with Crippen molar-refractivity contribution in [3.8, 4) is 0 Å². The largest absolute Gasteiger partial charge is 0.399 e. The summed E-state index contributed by atoms with van der Waals surface area (Å²) < 4.78 is 0. The summed E-state index contributed by atoms with van der Waals surface area (Å²) in [7, 11) is 3.71. The molecule has 0 saturated carbocycles. The molecule has 0 saturated heterocycles. The smallest absolute Gasteiger partial charge is 0.255 e. The van der Waals surface area contributed by atoms with Crippen molar-refractivity contribution >= 4 is 46.2 Å². The lowest BCUT2D eigenvalue weighted by Gasteiger charge is -2.19. The van der Waals surface area contributed by atoms with Crippen LogP contribution in [0.25, 0.3) is 0 Å². The summed E-state index contributed by atoms with van der Waals surface area (Å²) >= 11 is 12.1. The van der Waals surface area contributed by atoms with E-state index in [1.807, 2.05) is 19.0 Å². The highest BCUT2D eigenvalue weighted by molar-refractivity contribution is 6.34. The molecule has 0 spiro atoms. The Kier molecular flexibility index (Phi) is 4.60. The molecule has 0 fully saturated rings. The molecule has 0 aliphatic heterocycles. The molecule has 6 heteroatoms. The number of rotatable bonds is 3. The summed E-state index contributed by atoms with van der Waals surface area (Å²) in [5, 5.41) is 3.80. The van der Waals surface area contributed by atoms with Gasteiger partial charge >= 0.3 is 0 Å². The number of amides is 1. The van der Waals surface area contributed by atoms with Crippen molar-refractivity contribution in [2.24, 2.45) is 0 Å². The van der Waals surface area contributed by atoms with E-state index in [0.717, 1.165) is 5.69 Å². The number of nitrogens with one attached hydrogen (secondary N) is 1. The zero-order valence-electron chi connectivity index (χ0n) is 11.7. The molecule has 0 aliphatic carbocycles. The summed E-state index contributed by atoms with van der Waals surface area (Å²) in [5.74, 6) is -0.297. The Bertz CT molecular complexity index is 666. The number of nitrogens with two attached hydrogens (primary N) is 1. The molecule has 2 aromatic rings. The molecule has 0 radical (unpaired) electrons. The Morgan fingerprint density at radius 2 is 1.90 bits per heavy atom. The van der Waals surface area contributed by atoms with Gasteiger partial charge < -0.3 is 16.0 Å². The summed E-state index contributed by atoms with van der Waals surface area (Å²) in [6, 6.07) is 10.0. The van der Waals surface area contributed by atoms with Crippen LogP contribution in [-0.4, -0.2) is 20.0 Å². The second kappa shape index (κ2) is 6.24. The third-order valence-electron chi connectivity index (χ3n) is 2.86. The van der Waals surface area contributed by atoms with Crippen LogP contribution in [-0.2, 0) is 0 Å². The third kappa shape index (κ3) is 3.60. The first-order chi connectivity index (χ1) is 9.88. The van der Waals surface area contributed by atoms with Gasteiger partial charge in [-0.3, -0.25) is 4.79 Å². The summed E-state index contributed by atoms with van der Waals surface area (Å²) in [5.41, 5.74) is 7.89. The number of hydrogen-bond acceptors (Lipinski definition) is 3. The first kappa shape index (κ1) is 15.5. The number of nitrogens with zero attached hydrogens (tertiary/aromatic N) is 1. The lowest BCUT2D eigenvalue weighted by Crippen LogP contribution is -2.17. The number of nitrogen functional groups attached to an aromatic ring is 1. The predicted octanol–water partition coefficient (Wildman–Crippen LogP) is 3.89. The van der Waals surface area contributed by atoms with Gasteiger partial charge in [0.25, 0.3) is 5.91 Å². The topological polar surface area (TPSA) is 58.4 Å². The molecule has 110 valence electrons. The van der Waals surface area contributed by atoms with Gasteiger partial charge in [0.2, 0.25) is 0 Å². The van der Waals surface area contributed by atoms with E-state index in [-0.39, 0.29) is 5.91 Å². The van der Waals surface area contributed by atoms with E-state index in [2.05, 4.69) is 5.32 Å². The number of benzene rings is 2. The van der Waals surface area contributed by atoms with Crippen LogP contribution >= 0.6 is 23.2 Å². The highest BCUT2D eigenvalue weighted by Crippen LogP contribution is 2.32. The number of anilines is 3. The SMILES string of the molecule is CN(C)c1c(Cl)cccc1NC(=O)c1cc(N)cc(Cl)c1. The average molecular weight is 324 g/mol. The monoisotopic (exact) mass is 323 g/mol. The molecule has 1 amide bonds. The first-order valence-corrected chi connectivity index (χ1v) is 6.97. The van der Waals surface area contributed by atoms with Gasteiger partial charge in [0, 0.05) is 30.4 Å². The predicted molar refractivity (Wildman–Crippen MR) is 89.6 cm³/mol. The summed E-state index contributed by atoms with van der Waals surface area (Å²) in [4.78, 5) is 14.2. The van der Waals surface area contributed by atoms with Gasteiger partial charge in [0.05, 0.1) is 16.4 Å². The Balaban J connectivity index is 2.34. The fourth-order valence-electron chi connectivity index (χ4n) is 2.01. The minimum atomic E-state index is -0.297. The standard InChI is InChI=1S/C15H15Cl2N3O/c1-20(2)14-12(17)4-3-5-13(14)19-15(21)9-6-10(16)8-11(18)7-9/h3-8H,18H2,1-2H3,(H,19,21). The molecule has 0 unspecified atom stereocenters. The van der Waals surface area contributed by atoms with Crippen LogP contribution in [0.5, 0.6) is 0 Å². The second-order valence-corrected chi connectivity index (χ2v) is 5.60. The van der Waals surface area contributed by atoms with Crippen LogP contribution in [0.4, 0.5) is 17.1 Å². The Morgan fingerprint density at radius 3 is 2.52 bits per heavy atom. The Morgan fingerprint density at radius 1 is 1.19 bits per heavy atom. The van der Waals surface area contributed by atoms with E-state index >= 15 is 0 Å². The molecule has 0 aliphatic rings. The Labute approximate surface area is 133 Å². The van der Waals surface area contributed by atoms with Gasteiger partial charge in [-0.15, -0.1) is 0 Å². The van der Waals surface area contributed by atoms with E-state index in [1.165, 1.54) is 0 Å². The molecule has 21 heavy (non-hydrogen) atoms. The van der Waals surface area contributed by atoms with E-state index < -0.39 is 0 Å². The highest BCUT2D eigenvalue weighted by Gasteiger charge is 2.13. The Hall–Kier alpha value is -1.91. The normalized spacial score (nSPS) is 10.3. The molecular weight excluding hydrogens is 309 g/mol. The van der Waals surface area contributed by atoms with Crippen LogP contribution in [0.15, 0.2) is 36.4 Å². The van der Waals surface area contributed by atoms with Gasteiger partial charge in [-0.2, -0.15) is 0 Å². The maximum Gasteiger partial charge on any atom is 0.255 e. The van der Waals surface area contributed by atoms with Crippen molar-refractivity contribution < 1.29 is 4.79 Å². The first-order valence-electron chi connectivity index (χ1n) is 6.21. The van der Waals surface area contributed by atoms with E-state index in [1.54, 1.807) is 36.4 Å². The van der Waals surface area contributed by atoms with Crippen molar-refractivity contribution in [3.05, 3.63) is 52.0 Å². The van der Waals surface area contributed by atoms with Crippen molar-refractivity contribution in [1.29, 1.82) is 0 Å². The summed E-state index contributed by atoms with van der Waals surface area (Å²) in [6.07, 6.45) is 0. The zero-order chi connectivity index (χ0) is 15.6. The average Bonchev–Trinajstić information content (AvgIpc) is 2.37. The van der Waals surface area contributed by atoms with Crippen molar-refractivity contribution in [3.63, 3.8) is 0 Å². The minimum absolute atomic E-state index is 0.297. The van der Waals surface area contributed by atoms with Crippen molar-refractivity contribution in [2.45, 2.75) is 0 Å². The van der Waals surface area contributed by atoms with Gasteiger partial charge in [-0.1, -0.05) is 29.3 Å². The molecule has 4 nitrogen and oxygen atoms in total. The minimum Gasteiger partial charge on any atom is -0.399 e. The quantitative estimate of drug-likeness (QED) is 0.842. The van der Waals surface area contributed by atoms with Crippen LogP contribution in [0.1, 0.15) is 10.4 Å². The van der Waals surface area contributed by atoms with Crippen LogP contribution in [0.3, 0.4) is 0 Å². The maximum atomic E-state index is 12.3. The van der Waals surface area contributed by atoms with Gasteiger partial charge in [0.15, 0.2) is 0 Å². The molecule has 0 aromatic heterocycles. The van der Waals surface area contributed by atoms with E-state index in [0.29, 0.717) is 27.0 Å². The molecule has 0 heterocycles.